The summed E-state index contributed by atoms with van der Waals surface area (Å²) in [5, 5.41) is 3.75. The normalized spacial score (nSPS) is 12.4. The molecule has 12 heteroatoms. The highest BCUT2D eigenvalue weighted by Crippen LogP contribution is 2.31. The van der Waals surface area contributed by atoms with Gasteiger partial charge in [-0.3, -0.25) is 13.9 Å². The van der Waals surface area contributed by atoms with Crippen LogP contribution in [0.2, 0.25) is 20.1 Å². The average Bonchev–Trinajstić information content (AvgIpc) is 2.76. The van der Waals surface area contributed by atoms with Gasteiger partial charge in [0, 0.05) is 33.7 Å². The van der Waals surface area contributed by atoms with E-state index in [0.717, 1.165) is 10.6 Å². The van der Waals surface area contributed by atoms with Crippen LogP contribution >= 0.6 is 46.4 Å². The summed E-state index contributed by atoms with van der Waals surface area (Å²) >= 11 is 24.9. The van der Waals surface area contributed by atoms with E-state index in [0.29, 0.717) is 22.2 Å². The molecule has 0 fully saturated rings. The Bertz CT molecular complexity index is 1170. The van der Waals surface area contributed by atoms with Crippen molar-refractivity contribution >= 4 is 73.9 Å². The number of anilines is 1. The van der Waals surface area contributed by atoms with Gasteiger partial charge in [-0.25, -0.2) is 8.42 Å². The van der Waals surface area contributed by atoms with Crippen molar-refractivity contribution in [3.63, 3.8) is 0 Å². The number of nitrogens with one attached hydrogen (secondary N) is 1. The summed E-state index contributed by atoms with van der Waals surface area (Å²) in [6, 6.07) is 8.23. The molecule has 2 amide bonds. The van der Waals surface area contributed by atoms with E-state index in [1.165, 1.54) is 23.1 Å². The quantitative estimate of drug-likeness (QED) is 0.414. The second-order valence-electron chi connectivity index (χ2n) is 8.40. The van der Waals surface area contributed by atoms with Crippen LogP contribution in [0.4, 0.5) is 5.69 Å². The van der Waals surface area contributed by atoms with Crippen molar-refractivity contribution in [3.05, 3.63) is 62.1 Å². The second kappa shape index (κ2) is 12.5. The number of halogens is 4. The lowest BCUT2D eigenvalue weighted by atomic mass is 10.1. The van der Waals surface area contributed by atoms with Gasteiger partial charge >= 0.3 is 0 Å². The first kappa shape index (κ1) is 29.5. The molecule has 0 aliphatic heterocycles. The molecular weight excluding hydrogens is 556 g/mol. The van der Waals surface area contributed by atoms with E-state index in [1.54, 1.807) is 25.1 Å². The lowest BCUT2D eigenvalue weighted by Gasteiger charge is -2.32. The van der Waals surface area contributed by atoms with Gasteiger partial charge in [0.1, 0.15) is 12.6 Å². The van der Waals surface area contributed by atoms with Crippen molar-refractivity contribution in [1.82, 2.24) is 10.2 Å². The van der Waals surface area contributed by atoms with E-state index in [1.807, 2.05) is 13.8 Å². The molecule has 7 nitrogen and oxygen atoms in total. The zero-order chi connectivity index (χ0) is 26.5. The molecule has 0 aliphatic rings. The zero-order valence-corrected chi connectivity index (χ0v) is 23.5. The predicted octanol–water partition coefficient (Wildman–Crippen LogP) is 5.26. The van der Waals surface area contributed by atoms with Crippen LogP contribution in [0.15, 0.2) is 36.4 Å². The molecule has 0 heterocycles. The molecular formula is C23H27Cl4N3O4S. The number of carbonyl (C=O) groups is 2. The Kier molecular flexibility index (Phi) is 10.5. The van der Waals surface area contributed by atoms with Crippen LogP contribution in [0.25, 0.3) is 0 Å². The molecule has 0 unspecified atom stereocenters. The lowest BCUT2D eigenvalue weighted by Crippen LogP contribution is -2.51. The minimum Gasteiger partial charge on any atom is -0.354 e. The van der Waals surface area contributed by atoms with Crippen molar-refractivity contribution in [2.45, 2.75) is 33.4 Å². The number of benzene rings is 2. The molecule has 2 aromatic carbocycles. The second-order valence-corrected chi connectivity index (χ2v) is 12.0. The largest absolute Gasteiger partial charge is 0.354 e. The zero-order valence-electron chi connectivity index (χ0n) is 19.7. The summed E-state index contributed by atoms with van der Waals surface area (Å²) in [6.45, 7) is 5.10. The third-order valence-electron chi connectivity index (χ3n) is 5.10. The van der Waals surface area contributed by atoms with Gasteiger partial charge in [-0.1, -0.05) is 66.3 Å². The van der Waals surface area contributed by atoms with Gasteiger partial charge in [-0.05, 0) is 43.2 Å². The topological polar surface area (TPSA) is 86.8 Å². The molecule has 0 saturated heterocycles. The highest BCUT2D eigenvalue weighted by atomic mass is 35.5. The predicted molar refractivity (Wildman–Crippen MR) is 143 cm³/mol. The van der Waals surface area contributed by atoms with Crippen LogP contribution in [-0.2, 0) is 26.2 Å². The maximum Gasteiger partial charge on any atom is 0.244 e. The number of carbonyl (C=O) groups excluding carboxylic acids is 2. The fourth-order valence-electron chi connectivity index (χ4n) is 3.16. The van der Waals surface area contributed by atoms with Gasteiger partial charge in [-0.2, -0.15) is 0 Å². The summed E-state index contributed by atoms with van der Waals surface area (Å²) in [4.78, 5) is 27.7. The van der Waals surface area contributed by atoms with Gasteiger partial charge in [0.2, 0.25) is 21.8 Å². The Hall–Kier alpha value is -1.71. The molecule has 1 atom stereocenters. The SMILES string of the molecule is CC(C)CNC(=O)[C@@H](C)N(Cc1c(Cl)cccc1Cl)C(=O)CN(c1cc(Cl)ccc1Cl)S(C)(=O)=O. The van der Waals surface area contributed by atoms with E-state index in [-0.39, 0.29) is 28.2 Å². The Morgan fingerprint density at radius 3 is 2.11 bits per heavy atom. The number of hydrogen-bond donors (Lipinski definition) is 1. The molecule has 0 aromatic heterocycles. The summed E-state index contributed by atoms with van der Waals surface area (Å²) < 4.78 is 26.1. The molecule has 2 aromatic rings. The number of sulfonamides is 1. The van der Waals surface area contributed by atoms with Crippen molar-refractivity contribution in [2.24, 2.45) is 5.92 Å². The van der Waals surface area contributed by atoms with Crippen LogP contribution in [0.3, 0.4) is 0 Å². The van der Waals surface area contributed by atoms with Crippen molar-refractivity contribution in [3.8, 4) is 0 Å². The van der Waals surface area contributed by atoms with Crippen molar-refractivity contribution in [1.29, 1.82) is 0 Å². The molecule has 0 spiro atoms. The molecule has 192 valence electrons. The fourth-order valence-corrected chi connectivity index (χ4v) is 4.97. The number of amides is 2. The standard InChI is InChI=1S/C23H27Cl4N3O4S/c1-14(2)11-28-23(32)15(3)29(12-17-18(25)6-5-7-19(17)26)22(31)13-30(35(4,33)34)21-10-16(24)8-9-20(21)27/h5-10,14-15H,11-13H2,1-4H3,(H,28,32)/t15-/m1/s1. The van der Waals surface area contributed by atoms with Gasteiger partial charge in [0.15, 0.2) is 0 Å². The van der Waals surface area contributed by atoms with E-state index in [4.69, 9.17) is 46.4 Å². The highest BCUT2D eigenvalue weighted by molar-refractivity contribution is 7.92. The molecule has 1 N–H and O–H groups in total. The van der Waals surface area contributed by atoms with E-state index < -0.39 is 34.4 Å². The van der Waals surface area contributed by atoms with E-state index >= 15 is 0 Å². The van der Waals surface area contributed by atoms with E-state index in [2.05, 4.69) is 5.32 Å². The van der Waals surface area contributed by atoms with E-state index in [9.17, 15) is 18.0 Å². The summed E-state index contributed by atoms with van der Waals surface area (Å²) in [6.07, 6.45) is 0.950. The van der Waals surface area contributed by atoms with Gasteiger partial charge in [0.25, 0.3) is 0 Å². The Morgan fingerprint density at radius 2 is 1.57 bits per heavy atom. The first-order valence-electron chi connectivity index (χ1n) is 10.6. The van der Waals surface area contributed by atoms with Crippen LogP contribution in [-0.4, -0.2) is 50.5 Å². The molecule has 0 saturated carbocycles. The van der Waals surface area contributed by atoms with Gasteiger partial charge in [0.05, 0.1) is 17.0 Å². The van der Waals surface area contributed by atoms with Gasteiger partial charge in [-0.15, -0.1) is 0 Å². The Morgan fingerprint density at radius 1 is 0.971 bits per heavy atom. The minimum absolute atomic E-state index is 0.0441. The third-order valence-corrected chi connectivity index (χ3v) is 7.49. The monoisotopic (exact) mass is 581 g/mol. The maximum absolute atomic E-state index is 13.6. The molecule has 2 rings (SSSR count). The molecule has 0 radical (unpaired) electrons. The fraction of sp³-hybridized carbons (Fsp3) is 0.391. The first-order chi connectivity index (χ1) is 16.2. The minimum atomic E-state index is -3.95. The summed E-state index contributed by atoms with van der Waals surface area (Å²) in [5.74, 6) is -0.865. The Labute approximate surface area is 226 Å². The van der Waals surface area contributed by atoms with Crippen LogP contribution in [0, 0.1) is 5.92 Å². The van der Waals surface area contributed by atoms with Crippen LogP contribution in [0.5, 0.6) is 0 Å². The molecule has 35 heavy (non-hydrogen) atoms. The lowest BCUT2D eigenvalue weighted by molar-refractivity contribution is -0.139. The summed E-state index contributed by atoms with van der Waals surface area (Å²) in [5.41, 5.74) is 0.474. The Balaban J connectivity index is 2.47. The first-order valence-corrected chi connectivity index (χ1v) is 14.0. The number of hydrogen-bond acceptors (Lipinski definition) is 4. The third kappa shape index (κ3) is 8.15. The smallest absolute Gasteiger partial charge is 0.244 e. The van der Waals surface area contributed by atoms with Crippen LogP contribution < -0.4 is 9.62 Å². The maximum atomic E-state index is 13.6. The summed E-state index contributed by atoms with van der Waals surface area (Å²) in [7, 11) is -3.95. The van der Waals surface area contributed by atoms with Gasteiger partial charge < -0.3 is 10.2 Å². The van der Waals surface area contributed by atoms with Crippen molar-refractivity contribution < 1.29 is 18.0 Å². The van der Waals surface area contributed by atoms with Crippen molar-refractivity contribution in [2.75, 3.05) is 23.7 Å². The molecule has 0 aliphatic carbocycles. The average molecular weight is 583 g/mol. The molecule has 0 bridgehead atoms. The number of rotatable bonds is 10. The number of nitrogens with zero attached hydrogens (tertiary/aromatic N) is 2. The van der Waals surface area contributed by atoms with Crippen LogP contribution in [0.1, 0.15) is 26.3 Å². The highest BCUT2D eigenvalue weighted by Gasteiger charge is 2.31.